The summed E-state index contributed by atoms with van der Waals surface area (Å²) in [6, 6.07) is 14.8. The second-order valence-corrected chi connectivity index (χ2v) is 5.48. The van der Waals surface area contributed by atoms with Crippen LogP contribution in [-0.4, -0.2) is 10.4 Å². The van der Waals surface area contributed by atoms with Gasteiger partial charge in [0.05, 0.1) is 5.69 Å². The van der Waals surface area contributed by atoms with Gasteiger partial charge < -0.3 is 4.57 Å². The fourth-order valence-corrected chi connectivity index (χ4v) is 3.26. The number of halogens is 1. The van der Waals surface area contributed by atoms with Gasteiger partial charge in [0.25, 0.3) is 0 Å². The molecular formula is C18H14FNO. The van der Waals surface area contributed by atoms with Crippen molar-refractivity contribution in [2.45, 2.75) is 19.4 Å². The second kappa shape index (κ2) is 4.55. The molecule has 0 atom stereocenters. The van der Waals surface area contributed by atoms with Crippen molar-refractivity contribution in [1.82, 2.24) is 4.57 Å². The highest BCUT2D eigenvalue weighted by Crippen LogP contribution is 2.34. The molecule has 0 spiro atoms. The smallest absolute Gasteiger partial charge is 0.179 e. The van der Waals surface area contributed by atoms with Crippen molar-refractivity contribution in [3.05, 3.63) is 71.2 Å². The van der Waals surface area contributed by atoms with Crippen molar-refractivity contribution < 1.29 is 9.18 Å². The van der Waals surface area contributed by atoms with Gasteiger partial charge in [-0.25, -0.2) is 4.39 Å². The number of fused-ring (bicyclic) bond motifs is 3. The molecule has 2 nitrogen and oxygen atoms in total. The summed E-state index contributed by atoms with van der Waals surface area (Å²) in [4.78, 5) is 12.2. The highest BCUT2D eigenvalue weighted by molar-refractivity contribution is 6.06. The number of hydrogen-bond acceptors (Lipinski definition) is 1. The number of Topliss-reactive ketones (excluding diaryl/α,β-unsaturated/α-hetero) is 1. The molecule has 1 aliphatic rings. The van der Waals surface area contributed by atoms with Gasteiger partial charge in [-0.1, -0.05) is 30.3 Å². The molecule has 0 amide bonds. The van der Waals surface area contributed by atoms with Crippen LogP contribution in [0.15, 0.2) is 48.5 Å². The van der Waals surface area contributed by atoms with Crippen LogP contribution in [0.3, 0.4) is 0 Å². The molecule has 2 aromatic carbocycles. The first-order valence-corrected chi connectivity index (χ1v) is 7.12. The lowest BCUT2D eigenvalue weighted by Gasteiger charge is -2.09. The van der Waals surface area contributed by atoms with Crippen LogP contribution in [0.25, 0.3) is 10.9 Å². The SMILES string of the molecule is O=C1CCc2c1n(Cc1ccccc1)c1ccc(F)cc21. The zero-order valence-electron chi connectivity index (χ0n) is 11.5. The molecule has 0 unspecified atom stereocenters. The van der Waals surface area contributed by atoms with E-state index in [-0.39, 0.29) is 11.6 Å². The summed E-state index contributed by atoms with van der Waals surface area (Å²) in [5, 5.41) is 0.881. The van der Waals surface area contributed by atoms with E-state index in [1.165, 1.54) is 6.07 Å². The lowest BCUT2D eigenvalue weighted by Crippen LogP contribution is -2.07. The van der Waals surface area contributed by atoms with Crippen molar-refractivity contribution in [3.63, 3.8) is 0 Å². The van der Waals surface area contributed by atoms with E-state index in [1.54, 1.807) is 12.1 Å². The van der Waals surface area contributed by atoms with Gasteiger partial charge in [-0.05, 0) is 35.7 Å². The van der Waals surface area contributed by atoms with Gasteiger partial charge in [-0.15, -0.1) is 0 Å². The molecule has 0 aliphatic heterocycles. The maximum atomic E-state index is 13.5. The predicted octanol–water partition coefficient (Wildman–Crippen LogP) is 3.96. The van der Waals surface area contributed by atoms with Crippen LogP contribution in [0.4, 0.5) is 4.39 Å². The second-order valence-electron chi connectivity index (χ2n) is 5.48. The molecule has 0 N–H and O–H groups in total. The van der Waals surface area contributed by atoms with E-state index in [1.807, 2.05) is 34.9 Å². The molecule has 1 aromatic heterocycles. The molecule has 3 aromatic rings. The standard InChI is InChI=1S/C18H14FNO/c19-13-6-8-16-15(10-13)14-7-9-17(21)18(14)20(16)11-12-4-2-1-3-5-12/h1-6,8,10H,7,9,11H2. The molecule has 0 saturated carbocycles. The molecule has 0 saturated heterocycles. The van der Waals surface area contributed by atoms with Crippen molar-refractivity contribution in [2.24, 2.45) is 0 Å². The summed E-state index contributed by atoms with van der Waals surface area (Å²) in [5.41, 5.74) is 3.85. The number of ketones is 1. The van der Waals surface area contributed by atoms with Crippen LogP contribution in [-0.2, 0) is 13.0 Å². The lowest BCUT2D eigenvalue weighted by atomic mass is 10.1. The summed E-state index contributed by atoms with van der Waals surface area (Å²) in [6.07, 6.45) is 1.25. The minimum Gasteiger partial charge on any atom is -0.333 e. The summed E-state index contributed by atoms with van der Waals surface area (Å²) in [6.45, 7) is 0.643. The molecule has 0 bridgehead atoms. The Labute approximate surface area is 121 Å². The summed E-state index contributed by atoms with van der Waals surface area (Å²) < 4.78 is 15.6. The van der Waals surface area contributed by atoms with Crippen molar-refractivity contribution in [1.29, 1.82) is 0 Å². The molecule has 0 radical (unpaired) electrons. The normalized spacial score (nSPS) is 13.9. The zero-order chi connectivity index (χ0) is 14.4. The van der Waals surface area contributed by atoms with Crippen LogP contribution >= 0.6 is 0 Å². The summed E-state index contributed by atoms with van der Waals surface area (Å²) >= 11 is 0. The monoisotopic (exact) mass is 279 g/mol. The Bertz CT molecular complexity index is 849. The van der Waals surface area contributed by atoms with Gasteiger partial charge in [0.2, 0.25) is 0 Å². The Hall–Kier alpha value is -2.42. The van der Waals surface area contributed by atoms with Gasteiger partial charge in [0.15, 0.2) is 5.78 Å². The summed E-state index contributed by atoms with van der Waals surface area (Å²) in [7, 11) is 0. The lowest BCUT2D eigenvalue weighted by molar-refractivity contribution is 0.0987. The van der Waals surface area contributed by atoms with E-state index < -0.39 is 0 Å². The van der Waals surface area contributed by atoms with Crippen molar-refractivity contribution >= 4 is 16.7 Å². The number of rotatable bonds is 2. The topological polar surface area (TPSA) is 22.0 Å². The number of hydrogen-bond donors (Lipinski definition) is 0. The van der Waals surface area contributed by atoms with E-state index in [4.69, 9.17) is 0 Å². The Morgan fingerprint density at radius 2 is 1.86 bits per heavy atom. The number of nitrogens with zero attached hydrogens (tertiary/aromatic N) is 1. The fraction of sp³-hybridized carbons (Fsp3) is 0.167. The van der Waals surface area contributed by atoms with E-state index in [0.29, 0.717) is 13.0 Å². The summed E-state index contributed by atoms with van der Waals surface area (Å²) in [5.74, 6) is -0.0842. The van der Waals surface area contributed by atoms with E-state index in [2.05, 4.69) is 0 Å². The van der Waals surface area contributed by atoms with E-state index in [9.17, 15) is 9.18 Å². The average Bonchev–Trinajstić information content (AvgIpc) is 3.00. The maximum absolute atomic E-state index is 13.5. The third kappa shape index (κ3) is 1.88. The number of aromatic nitrogens is 1. The first kappa shape index (κ1) is 12.3. The van der Waals surface area contributed by atoms with Crippen LogP contribution in [0.2, 0.25) is 0 Å². The number of aryl methyl sites for hydroxylation is 1. The zero-order valence-corrected chi connectivity index (χ0v) is 11.5. The number of carbonyl (C=O) groups is 1. The minimum absolute atomic E-state index is 0.164. The highest BCUT2D eigenvalue weighted by Gasteiger charge is 2.28. The molecule has 0 fully saturated rings. The average molecular weight is 279 g/mol. The largest absolute Gasteiger partial charge is 0.333 e. The predicted molar refractivity (Wildman–Crippen MR) is 80.1 cm³/mol. The Balaban J connectivity index is 1.95. The van der Waals surface area contributed by atoms with Gasteiger partial charge >= 0.3 is 0 Å². The van der Waals surface area contributed by atoms with Gasteiger partial charge in [0, 0.05) is 23.9 Å². The highest BCUT2D eigenvalue weighted by atomic mass is 19.1. The van der Waals surface area contributed by atoms with E-state index >= 15 is 0 Å². The molecule has 3 heteroatoms. The molecular weight excluding hydrogens is 265 g/mol. The molecule has 1 heterocycles. The number of benzene rings is 2. The quantitative estimate of drug-likeness (QED) is 0.696. The van der Waals surface area contributed by atoms with Gasteiger partial charge in [0.1, 0.15) is 5.82 Å². The first-order valence-electron chi connectivity index (χ1n) is 7.12. The third-order valence-corrected chi connectivity index (χ3v) is 4.18. The molecule has 21 heavy (non-hydrogen) atoms. The fourth-order valence-electron chi connectivity index (χ4n) is 3.26. The van der Waals surface area contributed by atoms with Crippen LogP contribution in [0.5, 0.6) is 0 Å². The molecule has 104 valence electrons. The number of carbonyl (C=O) groups excluding carboxylic acids is 1. The van der Waals surface area contributed by atoms with Gasteiger partial charge in [-0.2, -0.15) is 0 Å². The molecule has 1 aliphatic carbocycles. The van der Waals surface area contributed by atoms with Crippen LogP contribution in [0, 0.1) is 5.82 Å². The Kier molecular flexibility index (Phi) is 2.67. The molecule has 4 rings (SSSR count). The van der Waals surface area contributed by atoms with Gasteiger partial charge in [-0.3, -0.25) is 4.79 Å². The third-order valence-electron chi connectivity index (χ3n) is 4.18. The van der Waals surface area contributed by atoms with Crippen molar-refractivity contribution in [3.8, 4) is 0 Å². The Morgan fingerprint density at radius 3 is 2.67 bits per heavy atom. The maximum Gasteiger partial charge on any atom is 0.179 e. The van der Waals surface area contributed by atoms with E-state index in [0.717, 1.165) is 34.1 Å². The van der Waals surface area contributed by atoms with Crippen molar-refractivity contribution in [2.75, 3.05) is 0 Å². The van der Waals surface area contributed by atoms with Crippen LogP contribution < -0.4 is 0 Å². The Morgan fingerprint density at radius 1 is 1.05 bits per heavy atom. The minimum atomic E-state index is -0.249. The first-order chi connectivity index (χ1) is 10.2. The van der Waals surface area contributed by atoms with Crippen LogP contribution in [0.1, 0.15) is 28.0 Å².